The molecule has 1 saturated heterocycles. The number of piperazine rings is 1. The fraction of sp³-hybridized carbons (Fsp3) is 0.857. The molecule has 0 saturated carbocycles. The summed E-state index contributed by atoms with van der Waals surface area (Å²) in [6, 6.07) is 1.93. The molecule has 0 spiro atoms. The van der Waals surface area contributed by atoms with Gasteiger partial charge in [0.2, 0.25) is 0 Å². The molecule has 1 fully saturated rings. The fourth-order valence-corrected chi connectivity index (χ4v) is 2.33. The van der Waals surface area contributed by atoms with Gasteiger partial charge in [-0.25, -0.2) is 0 Å². The van der Waals surface area contributed by atoms with Gasteiger partial charge in [-0.2, -0.15) is 5.26 Å². The lowest BCUT2D eigenvalue weighted by molar-refractivity contribution is -0.143. The molecule has 0 aromatic carbocycles. The first-order chi connectivity index (χ1) is 8.85. The first-order valence-electron chi connectivity index (χ1n) is 6.96. The van der Waals surface area contributed by atoms with Crippen LogP contribution in [-0.2, 0) is 4.79 Å². The number of carbonyl (C=O) groups is 1. The van der Waals surface area contributed by atoms with Gasteiger partial charge in [0.1, 0.15) is 6.04 Å². The van der Waals surface area contributed by atoms with Crippen molar-refractivity contribution in [2.75, 3.05) is 32.7 Å². The van der Waals surface area contributed by atoms with Crippen LogP contribution in [0.2, 0.25) is 0 Å². The Morgan fingerprint density at radius 3 is 2.42 bits per heavy atom. The molecule has 1 atom stereocenters. The minimum absolute atomic E-state index is 0.236. The molecule has 0 bridgehead atoms. The highest BCUT2D eigenvalue weighted by Gasteiger charge is 2.25. The summed E-state index contributed by atoms with van der Waals surface area (Å²) in [5.74, 6) is -0.746. The Kier molecular flexibility index (Phi) is 5.77. The number of rotatable bonds is 6. The number of carboxylic acid groups (broad SMARTS) is 1. The molecule has 108 valence electrons. The van der Waals surface area contributed by atoms with Gasteiger partial charge >= 0.3 is 5.97 Å². The topological polar surface area (TPSA) is 67.6 Å². The van der Waals surface area contributed by atoms with Crippen LogP contribution >= 0.6 is 0 Å². The zero-order chi connectivity index (χ0) is 14.5. The van der Waals surface area contributed by atoms with Gasteiger partial charge in [0.25, 0.3) is 0 Å². The third-order valence-electron chi connectivity index (χ3n) is 3.89. The number of hydrogen-bond acceptors (Lipinski definition) is 4. The zero-order valence-electron chi connectivity index (χ0n) is 12.2. The monoisotopic (exact) mass is 267 g/mol. The van der Waals surface area contributed by atoms with Crippen LogP contribution in [-0.4, -0.2) is 59.6 Å². The highest BCUT2D eigenvalue weighted by Crippen LogP contribution is 2.21. The van der Waals surface area contributed by atoms with Crippen molar-refractivity contribution >= 4 is 5.97 Å². The Morgan fingerprint density at radius 2 is 1.95 bits per heavy atom. The van der Waals surface area contributed by atoms with Gasteiger partial charge < -0.3 is 10.0 Å². The van der Waals surface area contributed by atoms with Crippen molar-refractivity contribution in [3.8, 4) is 6.07 Å². The molecule has 0 radical (unpaired) electrons. The highest BCUT2D eigenvalue weighted by molar-refractivity contribution is 5.72. The molecule has 1 aliphatic rings. The lowest BCUT2D eigenvalue weighted by Crippen LogP contribution is -2.51. The Hall–Kier alpha value is -1.12. The molecule has 0 amide bonds. The normalized spacial score (nSPS) is 19.9. The smallest absolute Gasteiger partial charge is 0.320 e. The van der Waals surface area contributed by atoms with Crippen LogP contribution in [0.15, 0.2) is 0 Å². The van der Waals surface area contributed by atoms with Crippen molar-refractivity contribution in [1.29, 1.82) is 5.26 Å². The third-order valence-corrected chi connectivity index (χ3v) is 3.89. The lowest BCUT2D eigenvalue weighted by atomic mass is 9.90. The molecule has 0 aromatic rings. The second-order valence-electron chi connectivity index (χ2n) is 5.99. The number of aliphatic carboxylic acids is 1. The fourth-order valence-electron chi connectivity index (χ4n) is 2.33. The summed E-state index contributed by atoms with van der Waals surface area (Å²) in [6.07, 6.45) is 1.93. The van der Waals surface area contributed by atoms with Crippen LogP contribution in [0.1, 0.15) is 33.6 Å². The highest BCUT2D eigenvalue weighted by atomic mass is 16.4. The molecule has 1 unspecified atom stereocenters. The predicted molar refractivity (Wildman–Crippen MR) is 73.7 cm³/mol. The summed E-state index contributed by atoms with van der Waals surface area (Å²) < 4.78 is 0. The maximum atomic E-state index is 10.9. The average Bonchev–Trinajstić information content (AvgIpc) is 2.38. The molecular formula is C14H25N3O2. The van der Waals surface area contributed by atoms with E-state index in [1.165, 1.54) is 0 Å². The molecule has 1 rings (SSSR count). The van der Waals surface area contributed by atoms with Crippen LogP contribution in [0.5, 0.6) is 0 Å². The van der Waals surface area contributed by atoms with Gasteiger partial charge in [-0.15, -0.1) is 0 Å². The Bertz CT molecular complexity index is 341. The average molecular weight is 267 g/mol. The molecule has 5 heteroatoms. The van der Waals surface area contributed by atoms with Crippen molar-refractivity contribution in [1.82, 2.24) is 9.80 Å². The van der Waals surface area contributed by atoms with Gasteiger partial charge in [-0.05, 0) is 40.2 Å². The van der Waals surface area contributed by atoms with Crippen LogP contribution in [0.3, 0.4) is 0 Å². The molecule has 19 heavy (non-hydrogen) atoms. The first kappa shape index (κ1) is 15.9. The molecular weight excluding hydrogens is 242 g/mol. The Labute approximate surface area is 115 Å². The molecule has 1 heterocycles. The van der Waals surface area contributed by atoms with Gasteiger partial charge in [0, 0.05) is 26.2 Å². The van der Waals surface area contributed by atoms with Crippen LogP contribution in [0.25, 0.3) is 0 Å². The molecule has 5 nitrogen and oxygen atoms in total. The van der Waals surface area contributed by atoms with E-state index in [-0.39, 0.29) is 11.5 Å². The van der Waals surface area contributed by atoms with E-state index in [2.05, 4.69) is 11.0 Å². The second kappa shape index (κ2) is 6.88. The summed E-state index contributed by atoms with van der Waals surface area (Å²) in [7, 11) is 0. The van der Waals surface area contributed by atoms with E-state index < -0.39 is 5.97 Å². The number of hydrogen-bond donors (Lipinski definition) is 1. The van der Waals surface area contributed by atoms with E-state index in [1.807, 2.05) is 18.7 Å². The second-order valence-corrected chi connectivity index (χ2v) is 5.99. The van der Waals surface area contributed by atoms with E-state index in [9.17, 15) is 4.79 Å². The summed E-state index contributed by atoms with van der Waals surface area (Å²) >= 11 is 0. The van der Waals surface area contributed by atoms with Crippen LogP contribution in [0.4, 0.5) is 0 Å². The largest absolute Gasteiger partial charge is 0.480 e. The van der Waals surface area contributed by atoms with Gasteiger partial charge in [-0.3, -0.25) is 9.69 Å². The summed E-state index contributed by atoms with van der Waals surface area (Å²) in [4.78, 5) is 15.3. The van der Waals surface area contributed by atoms with E-state index in [1.54, 1.807) is 6.92 Å². The Balaban J connectivity index is 2.24. The van der Waals surface area contributed by atoms with Gasteiger partial charge in [-0.1, -0.05) is 0 Å². The quantitative estimate of drug-likeness (QED) is 0.788. The van der Waals surface area contributed by atoms with Gasteiger partial charge in [0.05, 0.1) is 11.5 Å². The van der Waals surface area contributed by atoms with Gasteiger partial charge in [0.15, 0.2) is 0 Å². The minimum Gasteiger partial charge on any atom is -0.480 e. The number of nitrogens with zero attached hydrogens (tertiary/aromatic N) is 3. The lowest BCUT2D eigenvalue weighted by Gasteiger charge is -2.36. The minimum atomic E-state index is -0.746. The number of nitriles is 1. The maximum absolute atomic E-state index is 10.9. The summed E-state index contributed by atoms with van der Waals surface area (Å²) in [5.41, 5.74) is -0.236. The van der Waals surface area contributed by atoms with E-state index in [0.29, 0.717) is 0 Å². The summed E-state index contributed by atoms with van der Waals surface area (Å²) in [6.45, 7) is 10.2. The van der Waals surface area contributed by atoms with Crippen molar-refractivity contribution in [2.45, 2.75) is 39.7 Å². The molecule has 0 aliphatic carbocycles. The van der Waals surface area contributed by atoms with Crippen molar-refractivity contribution in [3.63, 3.8) is 0 Å². The van der Waals surface area contributed by atoms with E-state index in [4.69, 9.17) is 10.4 Å². The number of carboxylic acids is 1. The molecule has 1 aliphatic heterocycles. The van der Waals surface area contributed by atoms with E-state index in [0.717, 1.165) is 45.6 Å². The van der Waals surface area contributed by atoms with Crippen molar-refractivity contribution < 1.29 is 9.90 Å². The molecule has 0 aromatic heterocycles. The zero-order valence-corrected chi connectivity index (χ0v) is 12.2. The van der Waals surface area contributed by atoms with Crippen molar-refractivity contribution in [3.05, 3.63) is 0 Å². The first-order valence-corrected chi connectivity index (χ1v) is 6.96. The van der Waals surface area contributed by atoms with Crippen molar-refractivity contribution in [2.24, 2.45) is 5.41 Å². The maximum Gasteiger partial charge on any atom is 0.320 e. The van der Waals surface area contributed by atoms with Crippen LogP contribution < -0.4 is 0 Å². The molecule has 1 N–H and O–H groups in total. The van der Waals surface area contributed by atoms with E-state index >= 15 is 0 Å². The third kappa shape index (κ3) is 5.17. The SMILES string of the molecule is CC(C(=O)O)N1CCN(CCCC(C)(C)C#N)CC1. The standard InChI is InChI=1S/C14H25N3O2/c1-12(13(18)19)17-9-7-16(8-10-17)6-4-5-14(2,3)11-15/h12H,4-10H2,1-3H3,(H,18,19). The van der Waals surface area contributed by atoms with Crippen LogP contribution in [0, 0.1) is 16.7 Å². The summed E-state index contributed by atoms with van der Waals surface area (Å²) in [5, 5.41) is 17.9. The Morgan fingerprint density at radius 1 is 1.37 bits per heavy atom. The predicted octanol–water partition coefficient (Wildman–Crippen LogP) is 1.41.